The first-order chi connectivity index (χ1) is 15.3. The van der Waals surface area contributed by atoms with Crippen LogP contribution in [-0.4, -0.2) is 54.0 Å². The summed E-state index contributed by atoms with van der Waals surface area (Å²) in [5.41, 5.74) is 1.37. The number of carbonyl (C=O) groups is 2. The van der Waals surface area contributed by atoms with E-state index in [0.29, 0.717) is 35.5 Å². The Kier molecular flexibility index (Phi) is 6.89. The molecule has 1 aliphatic rings. The standard InChI is InChI=1S/C23H24N2O7/c1-14-13-17(32-3)9-10-18(14)21(26)19-20(15-5-7-16(8-6-15)25(29)30)24(11-4-12-31-2)23(28)22(19)27/h5-10,13,20,26H,4,11-12H2,1-3H3. The monoisotopic (exact) mass is 440 g/mol. The summed E-state index contributed by atoms with van der Waals surface area (Å²) in [6.07, 6.45) is 0.481. The number of nitrogens with zero attached hydrogens (tertiary/aromatic N) is 2. The third-order valence-corrected chi connectivity index (χ3v) is 5.40. The van der Waals surface area contributed by atoms with Crippen molar-refractivity contribution in [1.82, 2.24) is 4.90 Å². The van der Waals surface area contributed by atoms with E-state index in [1.165, 1.54) is 43.4 Å². The van der Waals surface area contributed by atoms with E-state index in [1.807, 2.05) is 0 Å². The topological polar surface area (TPSA) is 119 Å². The number of hydrogen-bond donors (Lipinski definition) is 1. The van der Waals surface area contributed by atoms with Crippen molar-refractivity contribution in [2.75, 3.05) is 27.4 Å². The number of methoxy groups -OCH3 is 2. The number of ether oxygens (including phenoxy) is 2. The smallest absolute Gasteiger partial charge is 0.295 e. The number of non-ortho nitro benzene ring substituents is 1. The van der Waals surface area contributed by atoms with Gasteiger partial charge in [-0.05, 0) is 54.8 Å². The minimum absolute atomic E-state index is 0.0606. The Balaban J connectivity index is 2.14. The molecular weight excluding hydrogens is 416 g/mol. The number of aliphatic hydroxyl groups is 1. The summed E-state index contributed by atoms with van der Waals surface area (Å²) in [5, 5.41) is 22.2. The Morgan fingerprint density at radius 3 is 2.41 bits per heavy atom. The minimum Gasteiger partial charge on any atom is -0.507 e. The number of benzene rings is 2. The van der Waals surface area contributed by atoms with Gasteiger partial charge in [0.1, 0.15) is 11.5 Å². The molecule has 168 valence electrons. The second kappa shape index (κ2) is 9.61. The summed E-state index contributed by atoms with van der Waals surface area (Å²) >= 11 is 0. The van der Waals surface area contributed by atoms with E-state index in [4.69, 9.17) is 9.47 Å². The maximum atomic E-state index is 13.0. The summed E-state index contributed by atoms with van der Waals surface area (Å²) in [4.78, 5) is 37.7. The lowest BCUT2D eigenvalue weighted by molar-refractivity contribution is -0.384. The van der Waals surface area contributed by atoms with Gasteiger partial charge in [0.2, 0.25) is 0 Å². The number of ketones is 1. The highest BCUT2D eigenvalue weighted by Gasteiger charge is 2.46. The summed E-state index contributed by atoms with van der Waals surface area (Å²) in [7, 11) is 3.06. The Morgan fingerprint density at radius 2 is 1.84 bits per heavy atom. The number of carbonyl (C=O) groups excluding carboxylic acids is 2. The lowest BCUT2D eigenvalue weighted by atomic mass is 9.93. The van der Waals surface area contributed by atoms with Crippen molar-refractivity contribution < 1.29 is 29.1 Å². The van der Waals surface area contributed by atoms with Gasteiger partial charge in [-0.1, -0.05) is 0 Å². The fraction of sp³-hybridized carbons (Fsp3) is 0.304. The van der Waals surface area contributed by atoms with Crippen molar-refractivity contribution in [2.45, 2.75) is 19.4 Å². The van der Waals surface area contributed by atoms with Crippen molar-refractivity contribution in [3.05, 3.63) is 74.8 Å². The molecule has 1 aliphatic heterocycles. The number of nitro benzene ring substituents is 1. The molecule has 0 saturated carbocycles. The molecule has 0 aliphatic carbocycles. The highest BCUT2D eigenvalue weighted by atomic mass is 16.6. The average molecular weight is 440 g/mol. The second-order valence-electron chi connectivity index (χ2n) is 7.37. The fourth-order valence-electron chi connectivity index (χ4n) is 3.79. The SMILES string of the molecule is COCCCN1C(=O)C(=O)C(=C(O)c2ccc(OC)cc2C)C1c1ccc([N+](=O)[O-])cc1. The molecule has 1 amide bonds. The number of nitro groups is 1. The van der Waals surface area contributed by atoms with Crippen molar-refractivity contribution in [3.63, 3.8) is 0 Å². The summed E-state index contributed by atoms with van der Waals surface area (Å²) in [6.45, 7) is 2.36. The molecule has 0 bridgehead atoms. The van der Waals surface area contributed by atoms with Gasteiger partial charge in [-0.3, -0.25) is 19.7 Å². The van der Waals surface area contributed by atoms with Crippen LogP contribution in [0.2, 0.25) is 0 Å². The molecule has 1 N–H and O–H groups in total. The van der Waals surface area contributed by atoms with Gasteiger partial charge in [-0.15, -0.1) is 0 Å². The van der Waals surface area contributed by atoms with E-state index in [0.717, 1.165) is 0 Å². The number of rotatable bonds is 8. The summed E-state index contributed by atoms with van der Waals surface area (Å²) in [6, 6.07) is 9.70. The molecule has 1 unspecified atom stereocenters. The Bertz CT molecular complexity index is 1080. The van der Waals surface area contributed by atoms with Crippen LogP contribution >= 0.6 is 0 Å². The molecule has 3 rings (SSSR count). The average Bonchev–Trinajstić information content (AvgIpc) is 3.03. The van der Waals surface area contributed by atoms with E-state index in [-0.39, 0.29) is 23.6 Å². The zero-order chi connectivity index (χ0) is 23.4. The number of hydrogen-bond acceptors (Lipinski definition) is 7. The van der Waals surface area contributed by atoms with Crippen LogP contribution in [0, 0.1) is 17.0 Å². The zero-order valence-corrected chi connectivity index (χ0v) is 18.0. The maximum absolute atomic E-state index is 13.0. The van der Waals surface area contributed by atoms with Crippen LogP contribution < -0.4 is 4.74 Å². The van der Waals surface area contributed by atoms with Crippen LogP contribution in [-0.2, 0) is 14.3 Å². The molecule has 1 fully saturated rings. The van der Waals surface area contributed by atoms with E-state index < -0.39 is 22.7 Å². The lowest BCUT2D eigenvalue weighted by Gasteiger charge is -2.25. The van der Waals surface area contributed by atoms with Crippen molar-refractivity contribution >= 4 is 23.1 Å². The number of amides is 1. The highest BCUT2D eigenvalue weighted by Crippen LogP contribution is 2.40. The largest absolute Gasteiger partial charge is 0.507 e. The first-order valence-corrected chi connectivity index (χ1v) is 9.96. The van der Waals surface area contributed by atoms with Gasteiger partial charge < -0.3 is 19.5 Å². The van der Waals surface area contributed by atoms with E-state index in [2.05, 4.69) is 0 Å². The van der Waals surface area contributed by atoms with Crippen molar-refractivity contribution in [1.29, 1.82) is 0 Å². The van der Waals surface area contributed by atoms with Gasteiger partial charge in [-0.25, -0.2) is 0 Å². The number of Topliss-reactive ketones (excluding diaryl/α,β-unsaturated/α-hetero) is 1. The third-order valence-electron chi connectivity index (χ3n) is 5.40. The highest BCUT2D eigenvalue weighted by molar-refractivity contribution is 6.46. The molecule has 2 aromatic carbocycles. The van der Waals surface area contributed by atoms with Crippen molar-refractivity contribution in [3.8, 4) is 5.75 Å². The molecular formula is C23H24N2O7. The van der Waals surface area contributed by atoms with Gasteiger partial charge in [0, 0.05) is 38.0 Å². The van der Waals surface area contributed by atoms with Gasteiger partial charge in [0.05, 0.1) is 23.6 Å². The Labute approximate surface area is 185 Å². The first-order valence-electron chi connectivity index (χ1n) is 9.96. The Hall–Kier alpha value is -3.72. The van der Waals surface area contributed by atoms with Crippen LogP contribution in [0.5, 0.6) is 5.75 Å². The van der Waals surface area contributed by atoms with Crippen LogP contribution in [0.25, 0.3) is 5.76 Å². The van der Waals surface area contributed by atoms with Crippen LogP contribution in [0.4, 0.5) is 5.69 Å². The molecule has 1 saturated heterocycles. The van der Waals surface area contributed by atoms with Crippen molar-refractivity contribution in [2.24, 2.45) is 0 Å². The van der Waals surface area contributed by atoms with Gasteiger partial charge >= 0.3 is 0 Å². The Morgan fingerprint density at radius 1 is 1.16 bits per heavy atom. The van der Waals surface area contributed by atoms with Gasteiger partial charge in [0.25, 0.3) is 17.4 Å². The third kappa shape index (κ3) is 4.33. The van der Waals surface area contributed by atoms with E-state index in [9.17, 15) is 24.8 Å². The quantitative estimate of drug-likeness (QED) is 0.167. The van der Waals surface area contributed by atoms with Gasteiger partial charge in [-0.2, -0.15) is 0 Å². The summed E-state index contributed by atoms with van der Waals surface area (Å²) < 4.78 is 10.2. The molecule has 9 nitrogen and oxygen atoms in total. The number of aryl methyl sites for hydroxylation is 1. The molecule has 9 heteroatoms. The molecule has 0 spiro atoms. The number of likely N-dealkylation sites (tertiary alicyclic amines) is 1. The minimum atomic E-state index is -0.880. The normalized spacial score (nSPS) is 17.6. The van der Waals surface area contributed by atoms with Crippen LogP contribution in [0.15, 0.2) is 48.0 Å². The molecule has 2 aromatic rings. The summed E-state index contributed by atoms with van der Waals surface area (Å²) in [5.74, 6) is -1.26. The molecule has 0 radical (unpaired) electrons. The second-order valence-corrected chi connectivity index (χ2v) is 7.37. The zero-order valence-electron chi connectivity index (χ0n) is 18.0. The fourth-order valence-corrected chi connectivity index (χ4v) is 3.79. The van der Waals surface area contributed by atoms with E-state index in [1.54, 1.807) is 25.1 Å². The van der Waals surface area contributed by atoms with Crippen LogP contribution in [0.1, 0.15) is 29.2 Å². The maximum Gasteiger partial charge on any atom is 0.295 e. The predicted molar refractivity (Wildman–Crippen MR) is 116 cm³/mol. The van der Waals surface area contributed by atoms with Crippen LogP contribution in [0.3, 0.4) is 0 Å². The molecule has 1 heterocycles. The molecule has 1 atom stereocenters. The first kappa shape index (κ1) is 23.0. The molecule has 32 heavy (non-hydrogen) atoms. The predicted octanol–water partition coefficient (Wildman–Crippen LogP) is 3.37. The lowest BCUT2D eigenvalue weighted by Crippen LogP contribution is -2.31. The molecule has 0 aromatic heterocycles. The van der Waals surface area contributed by atoms with Gasteiger partial charge in [0.15, 0.2) is 0 Å². The van der Waals surface area contributed by atoms with E-state index >= 15 is 0 Å². The number of aliphatic hydroxyl groups excluding tert-OH is 1.